The fraction of sp³-hybridized carbons (Fsp3) is 0.481. The van der Waals surface area contributed by atoms with Gasteiger partial charge in [0.2, 0.25) is 0 Å². The van der Waals surface area contributed by atoms with Gasteiger partial charge < -0.3 is 5.32 Å². The van der Waals surface area contributed by atoms with Gasteiger partial charge in [0.1, 0.15) is 0 Å². The van der Waals surface area contributed by atoms with Crippen LogP contribution in [0.25, 0.3) is 0 Å². The monoisotopic (exact) mass is 499 g/mol. The first-order chi connectivity index (χ1) is 16.3. The number of fused-ring (bicyclic) bond motifs is 1. The van der Waals surface area contributed by atoms with Gasteiger partial charge in [0.15, 0.2) is 0 Å². The highest BCUT2D eigenvalue weighted by atomic mass is 35.5. The third-order valence-electron chi connectivity index (χ3n) is 8.65. The highest BCUT2D eigenvalue weighted by Gasteiger charge is 2.53. The molecule has 1 saturated heterocycles. The third-order valence-corrected chi connectivity index (χ3v) is 9.47. The average Bonchev–Trinajstić information content (AvgIpc) is 3.11. The molecule has 0 spiro atoms. The van der Waals surface area contributed by atoms with Crippen molar-refractivity contribution in [2.45, 2.75) is 51.1 Å². The van der Waals surface area contributed by atoms with E-state index in [1.54, 1.807) is 12.1 Å². The summed E-state index contributed by atoms with van der Waals surface area (Å²) in [6.45, 7) is 8.36. The Labute approximate surface area is 211 Å². The van der Waals surface area contributed by atoms with Crippen molar-refractivity contribution in [3.8, 4) is 0 Å². The van der Waals surface area contributed by atoms with Crippen molar-refractivity contribution in [3.63, 3.8) is 0 Å². The summed E-state index contributed by atoms with van der Waals surface area (Å²) < 4.78 is 0. The molecule has 0 radical (unpaired) electrons. The normalized spacial score (nSPS) is 27.5. The summed E-state index contributed by atoms with van der Waals surface area (Å²) in [6.07, 6.45) is 3.33. The van der Waals surface area contributed by atoms with Gasteiger partial charge in [-0.1, -0.05) is 54.4 Å². The zero-order valence-electron chi connectivity index (χ0n) is 19.7. The van der Waals surface area contributed by atoms with Crippen LogP contribution in [0.3, 0.4) is 0 Å². The number of nitrogens with one attached hydrogen (secondary N) is 1. The zero-order valence-corrected chi connectivity index (χ0v) is 21.3. The smallest absolute Gasteiger partial charge is 0.261 e. The van der Waals surface area contributed by atoms with Crippen molar-refractivity contribution in [3.05, 3.63) is 69.2 Å². The second-order valence-electron chi connectivity index (χ2n) is 10.2. The lowest BCUT2D eigenvalue weighted by atomic mass is 9.59. The van der Waals surface area contributed by atoms with Crippen molar-refractivity contribution in [1.82, 2.24) is 15.1 Å². The lowest BCUT2D eigenvalue weighted by Crippen LogP contribution is -2.61. The summed E-state index contributed by atoms with van der Waals surface area (Å²) in [6, 6.07) is 13.0. The number of imide groups is 1. The summed E-state index contributed by atoms with van der Waals surface area (Å²) in [4.78, 5) is 30.2. The molecule has 1 atom stereocenters. The van der Waals surface area contributed by atoms with E-state index in [1.807, 2.05) is 24.3 Å². The molecule has 1 N–H and O–H groups in total. The molecule has 5 nitrogen and oxygen atoms in total. The van der Waals surface area contributed by atoms with Crippen LogP contribution in [0.4, 0.5) is 0 Å². The number of amides is 2. The van der Waals surface area contributed by atoms with Gasteiger partial charge in [0.05, 0.1) is 26.7 Å². The Bertz CT molecular complexity index is 1090. The number of halogens is 2. The van der Waals surface area contributed by atoms with Crippen LogP contribution < -0.4 is 5.32 Å². The number of carbonyl (C=O) groups is 2. The van der Waals surface area contributed by atoms with Crippen LogP contribution in [0.5, 0.6) is 0 Å². The Kier molecular flexibility index (Phi) is 6.26. The summed E-state index contributed by atoms with van der Waals surface area (Å²) >= 11 is 13.3. The molecule has 2 fully saturated rings. The predicted molar refractivity (Wildman–Crippen MR) is 136 cm³/mol. The molecule has 7 heteroatoms. The van der Waals surface area contributed by atoms with E-state index >= 15 is 0 Å². The Balaban J connectivity index is 1.45. The maximum Gasteiger partial charge on any atom is 0.261 e. The van der Waals surface area contributed by atoms with Crippen LogP contribution >= 0.6 is 23.2 Å². The maximum absolute atomic E-state index is 13.1. The van der Waals surface area contributed by atoms with Crippen molar-refractivity contribution < 1.29 is 9.59 Å². The Morgan fingerprint density at radius 1 is 0.941 bits per heavy atom. The van der Waals surface area contributed by atoms with E-state index in [0.29, 0.717) is 21.2 Å². The molecule has 1 unspecified atom stereocenters. The van der Waals surface area contributed by atoms with E-state index in [0.717, 1.165) is 57.4 Å². The topological polar surface area (TPSA) is 52.6 Å². The first-order valence-corrected chi connectivity index (χ1v) is 12.9. The highest BCUT2D eigenvalue weighted by molar-refractivity contribution is 6.42. The largest absolute Gasteiger partial charge is 0.314 e. The van der Waals surface area contributed by atoms with Crippen molar-refractivity contribution in [2.75, 3.05) is 26.2 Å². The van der Waals surface area contributed by atoms with Crippen LogP contribution in [0.2, 0.25) is 10.0 Å². The van der Waals surface area contributed by atoms with Gasteiger partial charge >= 0.3 is 0 Å². The standard InChI is InChI=1S/C27H31Cl2N3O2/c1-26(27(2,31-16-14-30-15-17-31)21-8-5-9-22(28)23(21)29)12-10-18(11-13-26)32-24(33)19-6-3-4-7-20(19)25(32)34/h3-9,18,30H,10-17H2,1-2H3. The van der Waals surface area contributed by atoms with Crippen LogP contribution in [0.1, 0.15) is 65.8 Å². The van der Waals surface area contributed by atoms with Crippen LogP contribution in [0.15, 0.2) is 42.5 Å². The first-order valence-electron chi connectivity index (χ1n) is 12.1. The minimum Gasteiger partial charge on any atom is -0.314 e. The number of benzene rings is 2. The Hall–Kier alpha value is -1.92. The molecular weight excluding hydrogens is 469 g/mol. The number of piperazine rings is 1. The van der Waals surface area contributed by atoms with E-state index in [1.165, 1.54) is 4.90 Å². The van der Waals surface area contributed by atoms with Gasteiger partial charge in [-0.15, -0.1) is 0 Å². The Morgan fingerprint density at radius 2 is 1.53 bits per heavy atom. The molecule has 180 valence electrons. The van der Waals surface area contributed by atoms with E-state index in [2.05, 4.69) is 30.1 Å². The molecule has 34 heavy (non-hydrogen) atoms. The maximum atomic E-state index is 13.1. The van der Waals surface area contributed by atoms with Gasteiger partial charge in [-0.05, 0) is 61.8 Å². The number of hydrogen-bond donors (Lipinski definition) is 1. The molecule has 2 aliphatic heterocycles. The molecule has 5 rings (SSSR count). The van der Waals surface area contributed by atoms with E-state index in [9.17, 15) is 9.59 Å². The van der Waals surface area contributed by atoms with Crippen molar-refractivity contribution in [1.29, 1.82) is 0 Å². The van der Waals surface area contributed by atoms with Crippen LogP contribution in [-0.2, 0) is 5.54 Å². The highest BCUT2D eigenvalue weighted by Crippen LogP contribution is 2.55. The van der Waals surface area contributed by atoms with Gasteiger partial charge in [0.25, 0.3) is 11.8 Å². The van der Waals surface area contributed by atoms with Crippen LogP contribution in [-0.4, -0.2) is 53.8 Å². The number of nitrogens with zero attached hydrogens (tertiary/aromatic N) is 2. The minimum atomic E-state index is -0.329. The SMILES string of the molecule is CC1(C(C)(c2cccc(Cl)c2Cl)N2CCNCC2)CCC(N2C(=O)c3ccccc3C2=O)CC1. The molecule has 3 aliphatic rings. The van der Waals surface area contributed by atoms with Crippen molar-refractivity contribution >= 4 is 35.0 Å². The molecule has 1 aliphatic carbocycles. The first kappa shape index (κ1) is 23.8. The van der Waals surface area contributed by atoms with Crippen molar-refractivity contribution in [2.24, 2.45) is 5.41 Å². The zero-order chi connectivity index (χ0) is 24.1. The van der Waals surface area contributed by atoms with Gasteiger partial charge in [-0.25, -0.2) is 0 Å². The molecule has 0 aromatic heterocycles. The Morgan fingerprint density at radius 3 is 2.12 bits per heavy atom. The van der Waals surface area contributed by atoms with E-state index < -0.39 is 0 Å². The van der Waals surface area contributed by atoms with E-state index in [-0.39, 0.29) is 28.8 Å². The van der Waals surface area contributed by atoms with Gasteiger partial charge in [-0.3, -0.25) is 19.4 Å². The molecule has 2 aromatic rings. The average molecular weight is 500 g/mol. The minimum absolute atomic E-state index is 0.0809. The lowest BCUT2D eigenvalue weighted by Gasteiger charge is -2.57. The molecule has 2 aromatic carbocycles. The number of carbonyl (C=O) groups excluding carboxylic acids is 2. The molecule has 2 heterocycles. The summed E-state index contributed by atoms with van der Waals surface area (Å²) in [5.74, 6) is -0.311. The third kappa shape index (κ3) is 3.60. The summed E-state index contributed by atoms with van der Waals surface area (Å²) in [7, 11) is 0. The molecule has 1 saturated carbocycles. The van der Waals surface area contributed by atoms with Crippen LogP contribution in [0, 0.1) is 5.41 Å². The number of rotatable bonds is 4. The fourth-order valence-corrected chi connectivity index (χ4v) is 6.88. The van der Waals surface area contributed by atoms with Gasteiger partial charge in [-0.2, -0.15) is 0 Å². The van der Waals surface area contributed by atoms with E-state index in [4.69, 9.17) is 23.2 Å². The molecular formula is C27H31Cl2N3O2. The number of hydrogen-bond acceptors (Lipinski definition) is 4. The lowest BCUT2D eigenvalue weighted by molar-refractivity contribution is -0.0559. The quantitative estimate of drug-likeness (QED) is 0.575. The second kappa shape index (κ2) is 8.94. The van der Waals surface area contributed by atoms with Gasteiger partial charge in [0, 0.05) is 32.2 Å². The summed E-state index contributed by atoms with van der Waals surface area (Å²) in [5.41, 5.74) is 1.68. The second-order valence-corrected chi connectivity index (χ2v) is 11.0. The predicted octanol–water partition coefficient (Wildman–Crippen LogP) is 5.36. The molecule has 0 bridgehead atoms. The fourth-order valence-electron chi connectivity index (χ4n) is 6.39. The summed E-state index contributed by atoms with van der Waals surface area (Å²) in [5, 5.41) is 4.65. The molecule has 2 amide bonds.